The summed E-state index contributed by atoms with van der Waals surface area (Å²) >= 11 is 0. The second kappa shape index (κ2) is 8.17. The zero-order valence-electron chi connectivity index (χ0n) is 6.77. The first-order valence-electron chi connectivity index (χ1n) is 3.09. The van der Waals surface area contributed by atoms with Crippen LogP contribution >= 0.6 is 0 Å². The van der Waals surface area contributed by atoms with Gasteiger partial charge in [-0.15, -0.1) is 0 Å². The lowest BCUT2D eigenvalue weighted by molar-refractivity contribution is -0.132. The van der Waals surface area contributed by atoms with Crippen molar-refractivity contribution in [2.24, 2.45) is 0 Å². The highest BCUT2D eigenvalue weighted by Crippen LogP contribution is 1.93. The molecule has 0 saturated heterocycles. The van der Waals surface area contributed by atoms with Crippen LogP contribution in [0.15, 0.2) is 12.2 Å². The van der Waals surface area contributed by atoms with E-state index in [4.69, 9.17) is 5.11 Å². The van der Waals surface area contributed by atoms with Crippen molar-refractivity contribution in [3.05, 3.63) is 12.2 Å². The standard InChI is InChI=1S/C5H8O2.C2H7N/c1-3-4(2)5(6)7;1-3-2/h2-3H2,1H3,(H,6,7);3H,1-2H3. The Morgan fingerprint density at radius 3 is 1.90 bits per heavy atom. The molecule has 0 amide bonds. The van der Waals surface area contributed by atoms with E-state index in [1.165, 1.54) is 0 Å². The maximum absolute atomic E-state index is 9.83. The van der Waals surface area contributed by atoms with E-state index in [1.54, 1.807) is 6.92 Å². The van der Waals surface area contributed by atoms with Crippen molar-refractivity contribution >= 4 is 5.97 Å². The maximum Gasteiger partial charge on any atom is 0.330 e. The van der Waals surface area contributed by atoms with Crippen molar-refractivity contribution < 1.29 is 9.90 Å². The minimum Gasteiger partial charge on any atom is -0.478 e. The predicted molar refractivity (Wildman–Crippen MR) is 42.1 cm³/mol. The molecule has 0 aromatic rings. The van der Waals surface area contributed by atoms with Crippen LogP contribution in [0.5, 0.6) is 0 Å². The molecule has 3 nitrogen and oxygen atoms in total. The topological polar surface area (TPSA) is 49.3 Å². The molecule has 0 aliphatic carbocycles. The molecule has 0 aromatic carbocycles. The van der Waals surface area contributed by atoms with Crippen LogP contribution in [0.4, 0.5) is 0 Å². The molecular formula is C7H15NO2. The van der Waals surface area contributed by atoms with Gasteiger partial charge >= 0.3 is 5.97 Å². The first kappa shape index (κ1) is 11.9. The summed E-state index contributed by atoms with van der Waals surface area (Å²) in [4.78, 5) is 9.83. The van der Waals surface area contributed by atoms with E-state index in [0.29, 0.717) is 6.42 Å². The monoisotopic (exact) mass is 145 g/mol. The van der Waals surface area contributed by atoms with Crippen molar-refractivity contribution in [1.29, 1.82) is 0 Å². The molecule has 0 radical (unpaired) electrons. The van der Waals surface area contributed by atoms with Crippen LogP contribution in [0.25, 0.3) is 0 Å². The summed E-state index contributed by atoms with van der Waals surface area (Å²) in [6.07, 6.45) is 0.523. The third kappa shape index (κ3) is 10.2. The van der Waals surface area contributed by atoms with E-state index in [0.717, 1.165) is 0 Å². The van der Waals surface area contributed by atoms with Crippen LogP contribution in [0, 0.1) is 0 Å². The summed E-state index contributed by atoms with van der Waals surface area (Å²) < 4.78 is 0. The Bertz CT molecular complexity index is 110. The Labute approximate surface area is 61.8 Å². The number of carboxylic acids is 1. The van der Waals surface area contributed by atoms with Gasteiger partial charge in [0.05, 0.1) is 0 Å². The smallest absolute Gasteiger partial charge is 0.330 e. The molecule has 0 rings (SSSR count). The molecule has 60 valence electrons. The highest BCUT2D eigenvalue weighted by molar-refractivity contribution is 5.85. The number of carbonyl (C=O) groups is 1. The SMILES string of the molecule is C=C(CC)C(=O)O.CNC. The first-order valence-corrected chi connectivity index (χ1v) is 3.09. The van der Waals surface area contributed by atoms with Gasteiger partial charge in [-0.1, -0.05) is 13.5 Å². The molecule has 0 spiro atoms. The zero-order chi connectivity index (χ0) is 8.57. The Morgan fingerprint density at radius 2 is 1.90 bits per heavy atom. The number of hydrogen-bond acceptors (Lipinski definition) is 2. The second-order valence-corrected chi connectivity index (χ2v) is 1.76. The van der Waals surface area contributed by atoms with Crippen molar-refractivity contribution in [2.75, 3.05) is 14.1 Å². The molecule has 0 fully saturated rings. The summed E-state index contributed by atoms with van der Waals surface area (Å²) in [6.45, 7) is 5.03. The minimum atomic E-state index is -0.900. The molecule has 0 atom stereocenters. The number of nitrogens with one attached hydrogen (secondary N) is 1. The molecule has 0 aliphatic heterocycles. The van der Waals surface area contributed by atoms with E-state index in [-0.39, 0.29) is 5.57 Å². The quantitative estimate of drug-likeness (QED) is 0.567. The van der Waals surface area contributed by atoms with Crippen LogP contribution in [0.1, 0.15) is 13.3 Å². The molecule has 2 N–H and O–H groups in total. The van der Waals surface area contributed by atoms with E-state index in [9.17, 15) is 4.79 Å². The fraction of sp³-hybridized carbons (Fsp3) is 0.571. The van der Waals surface area contributed by atoms with Gasteiger partial charge in [0.1, 0.15) is 0 Å². The van der Waals surface area contributed by atoms with Gasteiger partial charge in [-0.25, -0.2) is 4.79 Å². The largest absolute Gasteiger partial charge is 0.478 e. The average molecular weight is 145 g/mol. The van der Waals surface area contributed by atoms with Gasteiger partial charge in [0.15, 0.2) is 0 Å². The van der Waals surface area contributed by atoms with Crippen molar-refractivity contribution in [3.63, 3.8) is 0 Å². The number of hydrogen-bond donors (Lipinski definition) is 2. The lowest BCUT2D eigenvalue weighted by Gasteiger charge is -1.87. The average Bonchev–Trinajstić information content (AvgIpc) is 1.88. The Kier molecular flexibility index (Phi) is 9.73. The molecular weight excluding hydrogens is 130 g/mol. The van der Waals surface area contributed by atoms with Gasteiger partial charge in [-0.2, -0.15) is 0 Å². The highest BCUT2D eigenvalue weighted by atomic mass is 16.4. The Morgan fingerprint density at radius 1 is 1.60 bits per heavy atom. The van der Waals surface area contributed by atoms with Crippen LogP contribution in [0.3, 0.4) is 0 Å². The van der Waals surface area contributed by atoms with Gasteiger partial charge in [-0.3, -0.25) is 0 Å². The Balaban J connectivity index is 0. The Hall–Kier alpha value is -0.830. The molecule has 10 heavy (non-hydrogen) atoms. The van der Waals surface area contributed by atoms with Crippen LogP contribution < -0.4 is 5.32 Å². The van der Waals surface area contributed by atoms with Gasteiger partial charge in [0.25, 0.3) is 0 Å². The summed E-state index contributed by atoms with van der Waals surface area (Å²) in [7, 11) is 3.75. The van der Waals surface area contributed by atoms with Crippen molar-refractivity contribution in [1.82, 2.24) is 5.32 Å². The fourth-order valence-corrected chi connectivity index (χ4v) is 0.151. The van der Waals surface area contributed by atoms with Crippen molar-refractivity contribution in [3.8, 4) is 0 Å². The normalized spacial score (nSPS) is 7.50. The van der Waals surface area contributed by atoms with Gasteiger partial charge in [0, 0.05) is 5.57 Å². The maximum atomic E-state index is 9.83. The van der Waals surface area contributed by atoms with Crippen LogP contribution in [0.2, 0.25) is 0 Å². The summed E-state index contributed by atoms with van der Waals surface area (Å²) in [5, 5.41) is 10.8. The van der Waals surface area contributed by atoms with E-state index < -0.39 is 5.97 Å². The molecule has 0 unspecified atom stereocenters. The first-order chi connectivity index (χ1) is 4.59. The van der Waals surface area contributed by atoms with Gasteiger partial charge in [0.2, 0.25) is 0 Å². The highest BCUT2D eigenvalue weighted by Gasteiger charge is 1.96. The van der Waals surface area contributed by atoms with Crippen LogP contribution in [-0.4, -0.2) is 25.2 Å². The molecule has 0 saturated carbocycles. The number of carboxylic acid groups (broad SMARTS) is 1. The third-order valence-electron chi connectivity index (χ3n) is 0.729. The van der Waals surface area contributed by atoms with E-state index in [2.05, 4.69) is 11.9 Å². The molecule has 3 heteroatoms. The molecule has 0 aromatic heterocycles. The zero-order valence-corrected chi connectivity index (χ0v) is 6.77. The number of aliphatic carboxylic acids is 1. The van der Waals surface area contributed by atoms with Crippen LogP contribution in [-0.2, 0) is 4.79 Å². The lowest BCUT2D eigenvalue weighted by Crippen LogP contribution is -1.95. The predicted octanol–water partition coefficient (Wildman–Crippen LogP) is 0.873. The molecule has 0 bridgehead atoms. The molecule has 0 aliphatic rings. The summed E-state index contributed by atoms with van der Waals surface area (Å²) in [5.41, 5.74) is 0.264. The fourth-order valence-electron chi connectivity index (χ4n) is 0.151. The lowest BCUT2D eigenvalue weighted by atomic mass is 10.2. The van der Waals surface area contributed by atoms with Gasteiger partial charge < -0.3 is 10.4 Å². The summed E-state index contributed by atoms with van der Waals surface area (Å²) in [5.74, 6) is -0.900. The van der Waals surface area contributed by atoms with E-state index in [1.807, 2.05) is 14.1 Å². The third-order valence-corrected chi connectivity index (χ3v) is 0.729. The van der Waals surface area contributed by atoms with Crippen molar-refractivity contribution in [2.45, 2.75) is 13.3 Å². The van der Waals surface area contributed by atoms with Gasteiger partial charge in [-0.05, 0) is 20.5 Å². The second-order valence-electron chi connectivity index (χ2n) is 1.76. The summed E-state index contributed by atoms with van der Waals surface area (Å²) in [6, 6.07) is 0. The molecule has 0 heterocycles. The van der Waals surface area contributed by atoms with E-state index >= 15 is 0 Å². The number of rotatable bonds is 2. The minimum absolute atomic E-state index is 0.264.